The standard InChI is InChI=1S/C16H22N2O2S/c1-3-19-14-6-5-12(15(10-14)20-4-2)9-13(11-17)16-18-7-8-21-16/h5-8,10,13H,3-4,9,11,17H2,1-2H3. The second-order valence-electron chi connectivity index (χ2n) is 4.64. The third-order valence-corrected chi connectivity index (χ3v) is 4.14. The van der Waals surface area contributed by atoms with Gasteiger partial charge in [0.2, 0.25) is 0 Å². The molecule has 0 amide bonds. The highest BCUT2D eigenvalue weighted by molar-refractivity contribution is 7.09. The lowest BCUT2D eigenvalue weighted by atomic mass is 9.99. The number of benzene rings is 1. The van der Waals surface area contributed by atoms with Gasteiger partial charge in [0.15, 0.2) is 0 Å². The minimum atomic E-state index is 0.224. The van der Waals surface area contributed by atoms with Crippen molar-refractivity contribution in [3.63, 3.8) is 0 Å². The number of ether oxygens (including phenoxy) is 2. The van der Waals surface area contributed by atoms with Gasteiger partial charge < -0.3 is 15.2 Å². The largest absolute Gasteiger partial charge is 0.494 e. The minimum absolute atomic E-state index is 0.224. The van der Waals surface area contributed by atoms with Crippen molar-refractivity contribution in [3.8, 4) is 11.5 Å². The molecule has 0 fully saturated rings. The molecule has 0 aliphatic rings. The average molecular weight is 306 g/mol. The molecular weight excluding hydrogens is 284 g/mol. The van der Waals surface area contributed by atoms with Crippen molar-refractivity contribution in [1.82, 2.24) is 4.98 Å². The fourth-order valence-corrected chi connectivity index (χ4v) is 2.98. The quantitative estimate of drug-likeness (QED) is 0.813. The van der Waals surface area contributed by atoms with E-state index in [1.165, 1.54) is 0 Å². The Morgan fingerprint density at radius 1 is 1.24 bits per heavy atom. The molecule has 0 saturated heterocycles. The molecule has 1 heterocycles. The van der Waals surface area contributed by atoms with Gasteiger partial charge in [-0.15, -0.1) is 11.3 Å². The van der Waals surface area contributed by atoms with Crippen LogP contribution in [0.2, 0.25) is 0 Å². The summed E-state index contributed by atoms with van der Waals surface area (Å²) in [5.74, 6) is 1.93. The van der Waals surface area contributed by atoms with E-state index in [1.54, 1.807) is 11.3 Å². The molecule has 0 saturated carbocycles. The molecule has 0 spiro atoms. The second-order valence-corrected chi connectivity index (χ2v) is 5.57. The minimum Gasteiger partial charge on any atom is -0.494 e. The Labute approximate surface area is 129 Å². The fourth-order valence-electron chi connectivity index (χ4n) is 2.22. The topological polar surface area (TPSA) is 57.4 Å². The van der Waals surface area contributed by atoms with Crippen LogP contribution in [0.5, 0.6) is 11.5 Å². The van der Waals surface area contributed by atoms with Gasteiger partial charge in [0.25, 0.3) is 0 Å². The molecule has 114 valence electrons. The average Bonchev–Trinajstić information content (AvgIpc) is 3.01. The Morgan fingerprint density at radius 3 is 2.67 bits per heavy atom. The molecule has 0 aliphatic heterocycles. The van der Waals surface area contributed by atoms with Crippen molar-refractivity contribution in [2.45, 2.75) is 26.2 Å². The maximum absolute atomic E-state index is 5.91. The van der Waals surface area contributed by atoms with E-state index in [0.29, 0.717) is 19.8 Å². The van der Waals surface area contributed by atoms with Gasteiger partial charge in [0.1, 0.15) is 11.5 Å². The first kappa shape index (κ1) is 15.8. The van der Waals surface area contributed by atoms with E-state index in [9.17, 15) is 0 Å². The number of aromatic nitrogens is 1. The van der Waals surface area contributed by atoms with E-state index in [1.807, 2.05) is 37.6 Å². The predicted molar refractivity (Wildman–Crippen MR) is 86.4 cm³/mol. The van der Waals surface area contributed by atoms with E-state index in [4.69, 9.17) is 15.2 Å². The smallest absolute Gasteiger partial charge is 0.126 e. The van der Waals surface area contributed by atoms with E-state index in [0.717, 1.165) is 28.5 Å². The van der Waals surface area contributed by atoms with Crippen molar-refractivity contribution >= 4 is 11.3 Å². The van der Waals surface area contributed by atoms with Gasteiger partial charge in [-0.05, 0) is 31.9 Å². The first-order valence-electron chi connectivity index (χ1n) is 7.26. The molecule has 0 bridgehead atoms. The maximum atomic E-state index is 5.91. The van der Waals surface area contributed by atoms with Crippen molar-refractivity contribution in [2.75, 3.05) is 19.8 Å². The van der Waals surface area contributed by atoms with Crippen LogP contribution in [0.25, 0.3) is 0 Å². The predicted octanol–water partition coefficient (Wildman–Crippen LogP) is 3.23. The summed E-state index contributed by atoms with van der Waals surface area (Å²) in [4.78, 5) is 4.38. The van der Waals surface area contributed by atoms with Gasteiger partial charge in [-0.25, -0.2) is 4.98 Å². The summed E-state index contributed by atoms with van der Waals surface area (Å²) < 4.78 is 11.3. The first-order chi connectivity index (χ1) is 10.3. The molecule has 4 nitrogen and oxygen atoms in total. The molecule has 0 radical (unpaired) electrons. The van der Waals surface area contributed by atoms with Crippen LogP contribution >= 0.6 is 11.3 Å². The molecule has 1 unspecified atom stereocenters. The van der Waals surface area contributed by atoms with E-state index in [2.05, 4.69) is 11.1 Å². The van der Waals surface area contributed by atoms with Crippen LogP contribution in [0.4, 0.5) is 0 Å². The van der Waals surface area contributed by atoms with E-state index in [-0.39, 0.29) is 5.92 Å². The van der Waals surface area contributed by atoms with Crippen LogP contribution < -0.4 is 15.2 Å². The second kappa shape index (κ2) is 8.00. The van der Waals surface area contributed by atoms with Crippen molar-refractivity contribution in [3.05, 3.63) is 40.3 Å². The Balaban J connectivity index is 2.21. The van der Waals surface area contributed by atoms with Crippen molar-refractivity contribution in [1.29, 1.82) is 0 Å². The molecular formula is C16H22N2O2S. The van der Waals surface area contributed by atoms with Gasteiger partial charge >= 0.3 is 0 Å². The van der Waals surface area contributed by atoms with Crippen LogP contribution in [0.15, 0.2) is 29.8 Å². The van der Waals surface area contributed by atoms with Crippen molar-refractivity contribution in [2.24, 2.45) is 5.73 Å². The zero-order chi connectivity index (χ0) is 15.1. The number of nitrogens with zero attached hydrogens (tertiary/aromatic N) is 1. The van der Waals surface area contributed by atoms with Crippen LogP contribution in [0.3, 0.4) is 0 Å². The van der Waals surface area contributed by atoms with Gasteiger partial charge in [-0.1, -0.05) is 6.07 Å². The van der Waals surface area contributed by atoms with Crippen LogP contribution in [0.1, 0.15) is 30.3 Å². The Bertz CT molecular complexity index is 543. The summed E-state index contributed by atoms with van der Waals surface area (Å²) in [6, 6.07) is 6.00. The number of rotatable bonds is 8. The summed E-state index contributed by atoms with van der Waals surface area (Å²) in [6.45, 7) is 5.81. The maximum Gasteiger partial charge on any atom is 0.126 e. The van der Waals surface area contributed by atoms with E-state index >= 15 is 0 Å². The lowest BCUT2D eigenvalue weighted by Crippen LogP contribution is -2.15. The van der Waals surface area contributed by atoms with E-state index < -0.39 is 0 Å². The molecule has 1 aromatic heterocycles. The summed E-state index contributed by atoms with van der Waals surface area (Å²) in [5, 5.41) is 3.06. The highest BCUT2D eigenvalue weighted by Crippen LogP contribution is 2.30. The third kappa shape index (κ3) is 4.19. The SMILES string of the molecule is CCOc1ccc(CC(CN)c2nccs2)c(OCC)c1. The van der Waals surface area contributed by atoms with Gasteiger partial charge in [0.05, 0.1) is 18.2 Å². The highest BCUT2D eigenvalue weighted by atomic mass is 32.1. The Kier molecular flexibility index (Phi) is 6.02. The molecule has 1 atom stereocenters. The zero-order valence-electron chi connectivity index (χ0n) is 12.5. The number of thiazole rings is 1. The molecule has 5 heteroatoms. The summed E-state index contributed by atoms with van der Waals surface area (Å²) in [6.07, 6.45) is 2.65. The number of hydrogen-bond acceptors (Lipinski definition) is 5. The third-order valence-electron chi connectivity index (χ3n) is 3.20. The molecule has 2 aromatic rings. The number of nitrogens with two attached hydrogens (primary N) is 1. The first-order valence-corrected chi connectivity index (χ1v) is 8.14. The number of hydrogen-bond donors (Lipinski definition) is 1. The zero-order valence-corrected chi connectivity index (χ0v) is 13.4. The van der Waals surface area contributed by atoms with Crippen LogP contribution in [-0.2, 0) is 6.42 Å². The van der Waals surface area contributed by atoms with Crippen LogP contribution in [-0.4, -0.2) is 24.7 Å². The lowest BCUT2D eigenvalue weighted by Gasteiger charge is -2.16. The summed E-state index contributed by atoms with van der Waals surface area (Å²) >= 11 is 1.65. The van der Waals surface area contributed by atoms with Gasteiger partial charge in [-0.2, -0.15) is 0 Å². The summed E-state index contributed by atoms with van der Waals surface area (Å²) in [7, 11) is 0. The summed E-state index contributed by atoms with van der Waals surface area (Å²) in [5.41, 5.74) is 7.06. The fraction of sp³-hybridized carbons (Fsp3) is 0.438. The Morgan fingerprint density at radius 2 is 2.05 bits per heavy atom. The Hall–Kier alpha value is -1.59. The van der Waals surface area contributed by atoms with Crippen molar-refractivity contribution < 1.29 is 9.47 Å². The molecule has 1 aromatic carbocycles. The normalized spacial score (nSPS) is 12.1. The van der Waals surface area contributed by atoms with Gasteiger partial charge in [0, 0.05) is 30.1 Å². The highest BCUT2D eigenvalue weighted by Gasteiger charge is 2.16. The van der Waals surface area contributed by atoms with Crippen LogP contribution in [0, 0.1) is 0 Å². The molecule has 21 heavy (non-hydrogen) atoms. The molecule has 2 N–H and O–H groups in total. The monoisotopic (exact) mass is 306 g/mol. The molecule has 0 aliphatic carbocycles. The lowest BCUT2D eigenvalue weighted by molar-refractivity contribution is 0.320. The molecule has 2 rings (SSSR count). The van der Waals surface area contributed by atoms with Gasteiger partial charge in [-0.3, -0.25) is 0 Å².